The number of sulfonamides is 1. The van der Waals surface area contributed by atoms with Gasteiger partial charge in [0, 0.05) is 17.6 Å². The lowest BCUT2D eigenvalue weighted by Crippen LogP contribution is -2.53. The Morgan fingerprint density at radius 3 is 2.05 bits per heavy atom. The second kappa shape index (κ2) is 13.4. The zero-order valence-corrected chi connectivity index (χ0v) is 23.5. The molecular weight excluding hydrogens is 522 g/mol. The lowest BCUT2D eigenvalue weighted by Gasteiger charge is -2.32. The van der Waals surface area contributed by atoms with Gasteiger partial charge in [0.1, 0.15) is 12.6 Å². The van der Waals surface area contributed by atoms with Gasteiger partial charge in [-0.2, -0.15) is 0 Å². The van der Waals surface area contributed by atoms with Crippen LogP contribution in [0.25, 0.3) is 0 Å². The van der Waals surface area contributed by atoms with E-state index in [1.165, 1.54) is 29.2 Å². The van der Waals surface area contributed by atoms with Gasteiger partial charge < -0.3 is 10.2 Å². The third-order valence-electron chi connectivity index (χ3n) is 6.38. The number of carbonyl (C=O) groups excluding carboxylic acids is 2. The highest BCUT2D eigenvalue weighted by Gasteiger charge is 2.32. The summed E-state index contributed by atoms with van der Waals surface area (Å²) in [4.78, 5) is 28.3. The fraction of sp³-hybridized carbons (Fsp3) is 0.310. The first-order chi connectivity index (χ1) is 18.1. The minimum Gasteiger partial charge on any atom is -0.352 e. The molecule has 2 amide bonds. The molecule has 0 aliphatic rings. The summed E-state index contributed by atoms with van der Waals surface area (Å²) in [7, 11) is -4.11. The Morgan fingerprint density at radius 1 is 0.895 bits per heavy atom. The lowest BCUT2D eigenvalue weighted by atomic mass is 10.1. The average Bonchev–Trinajstić information content (AvgIpc) is 2.92. The average molecular weight is 556 g/mol. The van der Waals surface area contributed by atoms with Crippen molar-refractivity contribution < 1.29 is 18.0 Å². The number of nitrogens with zero attached hydrogens (tertiary/aromatic N) is 2. The molecule has 0 radical (unpaired) electrons. The van der Waals surface area contributed by atoms with Gasteiger partial charge in [0.25, 0.3) is 10.0 Å². The molecule has 202 valence electrons. The summed E-state index contributed by atoms with van der Waals surface area (Å²) < 4.78 is 28.5. The van der Waals surface area contributed by atoms with Gasteiger partial charge in [-0.05, 0) is 68.7 Å². The van der Waals surface area contributed by atoms with Crippen LogP contribution in [0.4, 0.5) is 5.69 Å². The number of hydrogen-bond acceptors (Lipinski definition) is 4. The largest absolute Gasteiger partial charge is 0.352 e. The molecule has 0 aliphatic heterocycles. The number of benzene rings is 3. The van der Waals surface area contributed by atoms with E-state index in [1.807, 2.05) is 44.2 Å². The van der Waals surface area contributed by atoms with E-state index in [0.29, 0.717) is 17.1 Å². The molecule has 0 heterocycles. The molecule has 0 aliphatic carbocycles. The molecule has 1 N–H and O–H groups in total. The van der Waals surface area contributed by atoms with Crippen LogP contribution in [0.15, 0.2) is 89.8 Å². The van der Waals surface area contributed by atoms with E-state index in [2.05, 4.69) is 5.32 Å². The Hall–Kier alpha value is -3.36. The van der Waals surface area contributed by atoms with Crippen LogP contribution in [0.3, 0.4) is 0 Å². The molecule has 3 aromatic rings. The van der Waals surface area contributed by atoms with Gasteiger partial charge >= 0.3 is 0 Å². The molecule has 2 unspecified atom stereocenters. The summed E-state index contributed by atoms with van der Waals surface area (Å²) in [6, 6.07) is 23.1. The zero-order chi connectivity index (χ0) is 27.7. The number of hydrogen-bond donors (Lipinski definition) is 1. The zero-order valence-electron chi connectivity index (χ0n) is 21.9. The number of nitrogens with one attached hydrogen (secondary N) is 1. The Morgan fingerprint density at radius 2 is 1.47 bits per heavy atom. The molecule has 0 bridgehead atoms. The number of carbonyl (C=O) groups is 2. The lowest BCUT2D eigenvalue weighted by molar-refractivity contribution is -0.139. The number of amides is 2. The smallest absolute Gasteiger partial charge is 0.264 e. The molecule has 0 spiro atoms. The standard InChI is InChI=1S/C29H34ClN3O4S/c1-4-22(2)31-29(35)23(3)32(20-19-24-11-7-5-8-12-24)28(34)21-33(26-13-9-6-10-14-26)38(36,37)27-17-15-25(30)16-18-27/h5-18,22-23H,4,19-21H2,1-3H3,(H,31,35). The minimum absolute atomic E-state index is 0.0111. The summed E-state index contributed by atoms with van der Waals surface area (Å²) in [6.45, 7) is 5.32. The van der Waals surface area contributed by atoms with E-state index in [-0.39, 0.29) is 23.4 Å². The van der Waals surface area contributed by atoms with Crippen LogP contribution >= 0.6 is 11.6 Å². The van der Waals surface area contributed by atoms with Crippen LogP contribution in [-0.4, -0.2) is 50.3 Å². The van der Waals surface area contributed by atoms with Crippen molar-refractivity contribution in [3.05, 3.63) is 95.5 Å². The fourth-order valence-corrected chi connectivity index (χ4v) is 5.43. The molecule has 9 heteroatoms. The SMILES string of the molecule is CCC(C)NC(=O)C(C)N(CCc1ccccc1)C(=O)CN(c1ccccc1)S(=O)(=O)c1ccc(Cl)cc1. The first-order valence-corrected chi connectivity index (χ1v) is 14.4. The first kappa shape index (κ1) is 29.2. The predicted molar refractivity (Wildman–Crippen MR) is 152 cm³/mol. The van der Waals surface area contributed by atoms with Crippen molar-refractivity contribution in [3.63, 3.8) is 0 Å². The van der Waals surface area contributed by atoms with Gasteiger partial charge in [0.2, 0.25) is 11.8 Å². The van der Waals surface area contributed by atoms with E-state index in [0.717, 1.165) is 16.3 Å². The fourth-order valence-electron chi connectivity index (χ4n) is 3.89. The van der Waals surface area contributed by atoms with Gasteiger partial charge in [-0.1, -0.05) is 67.1 Å². The highest BCUT2D eigenvalue weighted by Crippen LogP contribution is 2.25. The monoisotopic (exact) mass is 555 g/mol. The van der Waals surface area contributed by atoms with Gasteiger partial charge in [0.05, 0.1) is 10.6 Å². The summed E-state index contributed by atoms with van der Waals surface area (Å²) in [5.41, 5.74) is 1.35. The molecule has 0 saturated carbocycles. The van der Waals surface area contributed by atoms with E-state index in [9.17, 15) is 18.0 Å². The molecule has 7 nitrogen and oxygen atoms in total. The number of para-hydroxylation sites is 1. The van der Waals surface area contributed by atoms with E-state index < -0.39 is 28.5 Å². The highest BCUT2D eigenvalue weighted by molar-refractivity contribution is 7.92. The topological polar surface area (TPSA) is 86.8 Å². The summed E-state index contributed by atoms with van der Waals surface area (Å²) >= 11 is 5.97. The molecule has 2 atom stereocenters. The molecule has 0 aromatic heterocycles. The van der Waals surface area contributed by atoms with Crippen molar-refractivity contribution in [3.8, 4) is 0 Å². The van der Waals surface area contributed by atoms with Gasteiger partial charge in [-0.3, -0.25) is 13.9 Å². The maximum absolute atomic E-state index is 13.8. The van der Waals surface area contributed by atoms with Crippen molar-refractivity contribution in [1.29, 1.82) is 0 Å². The van der Waals surface area contributed by atoms with Crippen LogP contribution in [0.5, 0.6) is 0 Å². The molecular formula is C29H34ClN3O4S. The second-order valence-electron chi connectivity index (χ2n) is 9.12. The first-order valence-electron chi connectivity index (χ1n) is 12.6. The van der Waals surface area contributed by atoms with Crippen LogP contribution < -0.4 is 9.62 Å². The van der Waals surface area contributed by atoms with Gasteiger partial charge in [0.15, 0.2) is 0 Å². The molecule has 0 fully saturated rings. The summed E-state index contributed by atoms with van der Waals surface area (Å²) in [5, 5.41) is 3.33. The van der Waals surface area contributed by atoms with E-state index in [4.69, 9.17) is 11.6 Å². The van der Waals surface area contributed by atoms with Crippen LogP contribution in [0, 0.1) is 0 Å². The van der Waals surface area contributed by atoms with E-state index >= 15 is 0 Å². The maximum Gasteiger partial charge on any atom is 0.264 e. The Labute approximate surface area is 230 Å². The molecule has 3 rings (SSSR count). The minimum atomic E-state index is -4.11. The number of halogens is 1. The Kier molecular flexibility index (Phi) is 10.3. The molecule has 3 aromatic carbocycles. The second-order valence-corrected chi connectivity index (χ2v) is 11.4. The van der Waals surface area contributed by atoms with Crippen LogP contribution in [0.1, 0.15) is 32.8 Å². The van der Waals surface area contributed by atoms with Crippen molar-refractivity contribution in [1.82, 2.24) is 10.2 Å². The third-order valence-corrected chi connectivity index (χ3v) is 8.42. The Balaban J connectivity index is 1.94. The van der Waals surface area contributed by atoms with Crippen molar-refractivity contribution in [2.75, 3.05) is 17.4 Å². The predicted octanol–water partition coefficient (Wildman–Crippen LogP) is 4.91. The van der Waals surface area contributed by atoms with Crippen LogP contribution in [0.2, 0.25) is 5.02 Å². The highest BCUT2D eigenvalue weighted by atomic mass is 35.5. The van der Waals surface area contributed by atoms with Crippen molar-refractivity contribution >= 4 is 39.1 Å². The Bertz CT molecular complexity index is 1300. The normalized spacial score (nSPS) is 12.8. The summed E-state index contributed by atoms with van der Waals surface area (Å²) in [6.07, 6.45) is 1.26. The van der Waals surface area contributed by atoms with Gasteiger partial charge in [-0.25, -0.2) is 8.42 Å². The third kappa shape index (κ3) is 7.58. The maximum atomic E-state index is 13.8. The summed E-state index contributed by atoms with van der Waals surface area (Å²) in [5.74, 6) is -0.762. The van der Waals surface area contributed by atoms with Gasteiger partial charge in [-0.15, -0.1) is 0 Å². The number of anilines is 1. The quantitative estimate of drug-likeness (QED) is 0.344. The van der Waals surface area contributed by atoms with Crippen molar-refractivity contribution in [2.45, 2.75) is 50.6 Å². The van der Waals surface area contributed by atoms with Crippen LogP contribution in [-0.2, 0) is 26.0 Å². The van der Waals surface area contributed by atoms with E-state index in [1.54, 1.807) is 37.3 Å². The molecule has 38 heavy (non-hydrogen) atoms. The van der Waals surface area contributed by atoms with Crippen molar-refractivity contribution in [2.24, 2.45) is 0 Å². The number of rotatable bonds is 12. The molecule has 0 saturated heterocycles.